The van der Waals surface area contributed by atoms with Crippen LogP contribution < -0.4 is 0 Å². The van der Waals surface area contributed by atoms with Gasteiger partial charge >= 0.3 is 0 Å². The second-order valence-electron chi connectivity index (χ2n) is 5.12. The molecular formula is C13H18BrNOS. The maximum absolute atomic E-state index is 12.4. The van der Waals surface area contributed by atoms with E-state index >= 15 is 0 Å². The Morgan fingerprint density at radius 1 is 1.41 bits per heavy atom. The lowest BCUT2D eigenvalue weighted by Crippen LogP contribution is -2.48. The fourth-order valence-electron chi connectivity index (χ4n) is 2.55. The summed E-state index contributed by atoms with van der Waals surface area (Å²) in [6, 6.07) is 4.20. The van der Waals surface area contributed by atoms with Crippen LogP contribution in [0.15, 0.2) is 15.9 Å². The molecule has 1 fully saturated rings. The van der Waals surface area contributed by atoms with E-state index in [1.807, 2.05) is 17.0 Å². The molecule has 0 bridgehead atoms. The highest BCUT2D eigenvalue weighted by Gasteiger charge is 2.32. The average Bonchev–Trinajstić information content (AvgIpc) is 2.69. The molecule has 4 heteroatoms. The van der Waals surface area contributed by atoms with Crippen molar-refractivity contribution in [3.8, 4) is 0 Å². The molecule has 1 aromatic rings. The maximum Gasteiger partial charge on any atom is 0.264 e. The minimum Gasteiger partial charge on any atom is -0.335 e. The van der Waals surface area contributed by atoms with Crippen LogP contribution in [0.5, 0.6) is 0 Å². The third kappa shape index (κ3) is 2.74. The summed E-state index contributed by atoms with van der Waals surface area (Å²) in [6.07, 6.45) is 1.22. The standard InChI is InChI=1S/C13H18BrNOS/c1-8-6-9(2)10(3)15(7-8)13(16)11-4-5-12(14)17-11/h4-5,8-10H,6-7H2,1-3H3. The summed E-state index contributed by atoms with van der Waals surface area (Å²) in [6.45, 7) is 7.52. The summed E-state index contributed by atoms with van der Waals surface area (Å²) in [5.41, 5.74) is 0. The van der Waals surface area contributed by atoms with Crippen molar-refractivity contribution >= 4 is 33.2 Å². The highest BCUT2D eigenvalue weighted by atomic mass is 79.9. The van der Waals surface area contributed by atoms with Crippen molar-refractivity contribution in [2.75, 3.05) is 6.54 Å². The van der Waals surface area contributed by atoms with Gasteiger partial charge in [-0.2, -0.15) is 0 Å². The normalized spacial score (nSPS) is 29.4. The van der Waals surface area contributed by atoms with E-state index in [1.54, 1.807) is 0 Å². The van der Waals surface area contributed by atoms with Gasteiger partial charge in [0, 0.05) is 12.6 Å². The van der Waals surface area contributed by atoms with Crippen molar-refractivity contribution in [3.63, 3.8) is 0 Å². The molecule has 2 rings (SSSR count). The number of piperidine rings is 1. The fourth-order valence-corrected chi connectivity index (χ4v) is 3.90. The van der Waals surface area contributed by atoms with Gasteiger partial charge in [0.15, 0.2) is 0 Å². The molecule has 2 heterocycles. The Morgan fingerprint density at radius 3 is 2.71 bits per heavy atom. The van der Waals surface area contributed by atoms with E-state index < -0.39 is 0 Å². The van der Waals surface area contributed by atoms with Gasteiger partial charge in [-0.15, -0.1) is 11.3 Å². The van der Waals surface area contributed by atoms with Gasteiger partial charge < -0.3 is 4.90 Å². The number of carbonyl (C=O) groups excluding carboxylic acids is 1. The van der Waals surface area contributed by atoms with Crippen molar-refractivity contribution in [1.82, 2.24) is 4.90 Å². The van der Waals surface area contributed by atoms with Gasteiger partial charge in [-0.1, -0.05) is 13.8 Å². The van der Waals surface area contributed by atoms with Crippen molar-refractivity contribution in [3.05, 3.63) is 20.8 Å². The van der Waals surface area contributed by atoms with Crippen LogP contribution in [0.4, 0.5) is 0 Å². The molecule has 0 N–H and O–H groups in total. The molecule has 1 aliphatic rings. The Kier molecular flexibility index (Phi) is 3.93. The number of likely N-dealkylation sites (tertiary alicyclic amines) is 1. The molecule has 0 saturated carbocycles. The van der Waals surface area contributed by atoms with Crippen LogP contribution in [0.1, 0.15) is 36.9 Å². The van der Waals surface area contributed by atoms with Crippen LogP contribution in [0.25, 0.3) is 0 Å². The van der Waals surface area contributed by atoms with E-state index in [-0.39, 0.29) is 5.91 Å². The Morgan fingerprint density at radius 2 is 2.12 bits per heavy atom. The van der Waals surface area contributed by atoms with Crippen LogP contribution in [0.3, 0.4) is 0 Å². The number of hydrogen-bond donors (Lipinski definition) is 0. The number of nitrogens with zero attached hydrogens (tertiary/aromatic N) is 1. The molecule has 1 aromatic heterocycles. The zero-order valence-corrected chi connectivity index (χ0v) is 12.8. The van der Waals surface area contributed by atoms with Crippen molar-refractivity contribution in [1.29, 1.82) is 0 Å². The fraction of sp³-hybridized carbons (Fsp3) is 0.615. The van der Waals surface area contributed by atoms with Crippen LogP contribution in [0, 0.1) is 11.8 Å². The minimum atomic E-state index is 0.187. The van der Waals surface area contributed by atoms with E-state index in [0.29, 0.717) is 17.9 Å². The lowest BCUT2D eigenvalue weighted by Gasteiger charge is -2.40. The quantitative estimate of drug-likeness (QED) is 0.766. The van der Waals surface area contributed by atoms with Gasteiger partial charge in [0.25, 0.3) is 5.91 Å². The molecule has 1 aliphatic heterocycles. The van der Waals surface area contributed by atoms with Crippen LogP contribution >= 0.6 is 27.3 Å². The summed E-state index contributed by atoms with van der Waals surface area (Å²) in [5, 5.41) is 0. The van der Waals surface area contributed by atoms with Gasteiger partial charge in [-0.25, -0.2) is 0 Å². The molecule has 3 atom stereocenters. The first kappa shape index (κ1) is 13.1. The van der Waals surface area contributed by atoms with Crippen LogP contribution in [-0.2, 0) is 0 Å². The summed E-state index contributed by atoms with van der Waals surface area (Å²) in [4.78, 5) is 15.3. The van der Waals surface area contributed by atoms with Gasteiger partial charge in [0.2, 0.25) is 0 Å². The molecule has 2 nitrogen and oxygen atoms in total. The predicted molar refractivity (Wildman–Crippen MR) is 75.5 cm³/mol. The third-order valence-corrected chi connectivity index (χ3v) is 5.25. The largest absolute Gasteiger partial charge is 0.335 e. The topological polar surface area (TPSA) is 20.3 Å². The Bertz CT molecular complexity index is 417. The van der Waals surface area contributed by atoms with Crippen LogP contribution in [-0.4, -0.2) is 23.4 Å². The number of amides is 1. The Hall–Kier alpha value is -0.350. The van der Waals surface area contributed by atoms with E-state index in [1.165, 1.54) is 17.8 Å². The first-order chi connectivity index (χ1) is 7.99. The van der Waals surface area contributed by atoms with Crippen LogP contribution in [0.2, 0.25) is 0 Å². The summed E-state index contributed by atoms with van der Waals surface area (Å²) in [7, 11) is 0. The average molecular weight is 316 g/mol. The monoisotopic (exact) mass is 315 g/mol. The molecule has 0 aliphatic carbocycles. The van der Waals surface area contributed by atoms with Gasteiger partial charge in [-0.05, 0) is 53.2 Å². The molecule has 1 saturated heterocycles. The molecular weight excluding hydrogens is 298 g/mol. The first-order valence-corrected chi connectivity index (χ1v) is 7.66. The molecule has 94 valence electrons. The van der Waals surface area contributed by atoms with Crippen molar-refractivity contribution in [2.24, 2.45) is 11.8 Å². The Balaban J connectivity index is 2.18. The molecule has 0 spiro atoms. The summed E-state index contributed by atoms with van der Waals surface area (Å²) < 4.78 is 1.02. The van der Waals surface area contributed by atoms with E-state index in [4.69, 9.17) is 0 Å². The lowest BCUT2D eigenvalue weighted by molar-refractivity contribution is 0.0460. The minimum absolute atomic E-state index is 0.187. The van der Waals surface area contributed by atoms with E-state index in [2.05, 4.69) is 36.7 Å². The molecule has 1 amide bonds. The number of thiophene rings is 1. The third-order valence-electron chi connectivity index (χ3n) is 3.64. The highest BCUT2D eigenvalue weighted by molar-refractivity contribution is 9.11. The van der Waals surface area contributed by atoms with Gasteiger partial charge in [-0.3, -0.25) is 4.79 Å². The van der Waals surface area contributed by atoms with Gasteiger partial charge in [0.05, 0.1) is 8.66 Å². The molecule has 17 heavy (non-hydrogen) atoms. The smallest absolute Gasteiger partial charge is 0.264 e. The zero-order valence-electron chi connectivity index (χ0n) is 10.4. The number of halogens is 1. The Labute approximate surface area is 115 Å². The zero-order chi connectivity index (χ0) is 12.6. The second kappa shape index (κ2) is 5.11. The summed E-state index contributed by atoms with van der Waals surface area (Å²) in [5.74, 6) is 1.38. The molecule has 0 aromatic carbocycles. The van der Waals surface area contributed by atoms with E-state index in [9.17, 15) is 4.79 Å². The lowest BCUT2D eigenvalue weighted by atomic mass is 9.86. The predicted octanol–water partition coefficient (Wildman–Crippen LogP) is 4.02. The highest BCUT2D eigenvalue weighted by Crippen LogP contribution is 2.30. The van der Waals surface area contributed by atoms with Gasteiger partial charge in [0.1, 0.15) is 0 Å². The SMILES string of the molecule is CC1CC(C)C(C)N(C(=O)c2ccc(Br)s2)C1. The molecule has 3 unspecified atom stereocenters. The second-order valence-corrected chi connectivity index (χ2v) is 7.58. The number of carbonyl (C=O) groups is 1. The molecule has 0 radical (unpaired) electrons. The first-order valence-electron chi connectivity index (χ1n) is 6.05. The maximum atomic E-state index is 12.4. The number of hydrogen-bond acceptors (Lipinski definition) is 2. The number of rotatable bonds is 1. The summed E-state index contributed by atoms with van der Waals surface area (Å²) >= 11 is 4.93. The van der Waals surface area contributed by atoms with E-state index in [0.717, 1.165) is 15.2 Å². The van der Waals surface area contributed by atoms with Crippen molar-refractivity contribution in [2.45, 2.75) is 33.2 Å². The van der Waals surface area contributed by atoms with Crippen molar-refractivity contribution < 1.29 is 4.79 Å².